The second-order valence-electron chi connectivity index (χ2n) is 5.09. The van der Waals surface area contributed by atoms with Crippen molar-refractivity contribution in [3.8, 4) is 5.75 Å². The SMILES string of the molecule is CCOc1cccc2c1ccn2Cc1cccc(CN)c1. The highest BCUT2D eigenvalue weighted by atomic mass is 16.5. The molecule has 0 fully saturated rings. The summed E-state index contributed by atoms with van der Waals surface area (Å²) in [6.07, 6.45) is 2.11. The van der Waals surface area contributed by atoms with E-state index in [9.17, 15) is 0 Å². The van der Waals surface area contributed by atoms with Gasteiger partial charge in [0.1, 0.15) is 5.75 Å². The molecule has 0 saturated heterocycles. The monoisotopic (exact) mass is 280 g/mol. The number of ether oxygens (including phenoxy) is 1. The first-order valence-electron chi connectivity index (χ1n) is 7.30. The van der Waals surface area contributed by atoms with Gasteiger partial charge in [-0.05, 0) is 36.2 Å². The second-order valence-corrected chi connectivity index (χ2v) is 5.09. The third-order valence-corrected chi connectivity index (χ3v) is 3.65. The molecule has 108 valence electrons. The van der Waals surface area contributed by atoms with E-state index in [1.165, 1.54) is 16.6 Å². The van der Waals surface area contributed by atoms with Gasteiger partial charge in [-0.1, -0.05) is 30.3 Å². The van der Waals surface area contributed by atoms with Crippen molar-refractivity contribution in [2.75, 3.05) is 6.61 Å². The zero-order valence-corrected chi connectivity index (χ0v) is 12.3. The lowest BCUT2D eigenvalue weighted by molar-refractivity contribution is 0.344. The maximum absolute atomic E-state index is 5.71. The fraction of sp³-hybridized carbons (Fsp3) is 0.222. The highest BCUT2D eigenvalue weighted by Crippen LogP contribution is 2.27. The van der Waals surface area contributed by atoms with Gasteiger partial charge >= 0.3 is 0 Å². The van der Waals surface area contributed by atoms with Crippen LogP contribution in [0.15, 0.2) is 54.7 Å². The molecule has 0 amide bonds. The van der Waals surface area contributed by atoms with Gasteiger partial charge < -0.3 is 15.0 Å². The van der Waals surface area contributed by atoms with Gasteiger partial charge in [-0.15, -0.1) is 0 Å². The second kappa shape index (κ2) is 6.02. The number of benzene rings is 2. The Morgan fingerprint density at radius 2 is 1.86 bits per heavy atom. The summed E-state index contributed by atoms with van der Waals surface area (Å²) in [6.45, 7) is 4.11. The van der Waals surface area contributed by atoms with Crippen molar-refractivity contribution in [3.63, 3.8) is 0 Å². The number of aromatic nitrogens is 1. The number of rotatable bonds is 5. The van der Waals surface area contributed by atoms with Gasteiger partial charge in [-0.25, -0.2) is 0 Å². The van der Waals surface area contributed by atoms with Crippen molar-refractivity contribution in [1.82, 2.24) is 4.57 Å². The summed E-state index contributed by atoms with van der Waals surface area (Å²) in [5, 5.41) is 1.16. The smallest absolute Gasteiger partial charge is 0.128 e. The van der Waals surface area contributed by atoms with Crippen molar-refractivity contribution in [3.05, 3.63) is 65.9 Å². The van der Waals surface area contributed by atoms with Gasteiger partial charge in [0.05, 0.1) is 12.1 Å². The summed E-state index contributed by atoms with van der Waals surface area (Å²) in [5.74, 6) is 0.949. The highest BCUT2D eigenvalue weighted by Gasteiger charge is 2.06. The fourth-order valence-electron chi connectivity index (χ4n) is 2.67. The molecule has 0 radical (unpaired) electrons. The van der Waals surface area contributed by atoms with Crippen LogP contribution in [0.25, 0.3) is 10.9 Å². The number of hydrogen-bond donors (Lipinski definition) is 1. The normalized spacial score (nSPS) is 11.0. The molecule has 2 aromatic carbocycles. The van der Waals surface area contributed by atoms with Crippen LogP contribution in [0.2, 0.25) is 0 Å². The van der Waals surface area contributed by atoms with Crippen molar-refractivity contribution < 1.29 is 4.74 Å². The predicted molar refractivity (Wildman–Crippen MR) is 86.5 cm³/mol. The lowest BCUT2D eigenvalue weighted by atomic mass is 10.1. The summed E-state index contributed by atoms with van der Waals surface area (Å²) in [5.41, 5.74) is 9.33. The summed E-state index contributed by atoms with van der Waals surface area (Å²) in [7, 11) is 0. The minimum Gasteiger partial charge on any atom is -0.493 e. The van der Waals surface area contributed by atoms with E-state index in [0.29, 0.717) is 13.2 Å². The molecule has 3 aromatic rings. The minimum absolute atomic E-state index is 0.578. The van der Waals surface area contributed by atoms with Crippen LogP contribution in [0.4, 0.5) is 0 Å². The van der Waals surface area contributed by atoms with Crippen molar-refractivity contribution in [2.45, 2.75) is 20.0 Å². The Hall–Kier alpha value is -2.26. The molecular formula is C18H20N2O. The first kappa shape index (κ1) is 13.7. The number of fused-ring (bicyclic) bond motifs is 1. The average molecular weight is 280 g/mol. The van der Waals surface area contributed by atoms with Crippen molar-refractivity contribution in [1.29, 1.82) is 0 Å². The Morgan fingerprint density at radius 3 is 2.67 bits per heavy atom. The van der Waals surface area contributed by atoms with Crippen LogP contribution in [0.5, 0.6) is 5.75 Å². The number of nitrogens with two attached hydrogens (primary N) is 1. The third-order valence-electron chi connectivity index (χ3n) is 3.65. The summed E-state index contributed by atoms with van der Waals surface area (Å²) in [6, 6.07) is 16.7. The molecule has 3 heteroatoms. The molecule has 1 aromatic heterocycles. The molecule has 0 aliphatic carbocycles. The summed E-state index contributed by atoms with van der Waals surface area (Å²) in [4.78, 5) is 0. The summed E-state index contributed by atoms with van der Waals surface area (Å²) >= 11 is 0. The molecular weight excluding hydrogens is 260 g/mol. The Bertz CT molecular complexity index is 746. The maximum Gasteiger partial charge on any atom is 0.128 e. The van der Waals surface area contributed by atoms with Crippen LogP contribution in [-0.2, 0) is 13.1 Å². The lowest BCUT2D eigenvalue weighted by Gasteiger charge is -2.09. The third kappa shape index (κ3) is 2.78. The van der Waals surface area contributed by atoms with Gasteiger partial charge in [0.15, 0.2) is 0 Å². The Kier molecular flexibility index (Phi) is 3.93. The van der Waals surface area contributed by atoms with Crippen LogP contribution in [0.3, 0.4) is 0 Å². The zero-order chi connectivity index (χ0) is 14.7. The van der Waals surface area contributed by atoms with Gasteiger partial charge in [0, 0.05) is 24.7 Å². The van der Waals surface area contributed by atoms with Crippen molar-refractivity contribution >= 4 is 10.9 Å². The van der Waals surface area contributed by atoms with E-state index < -0.39 is 0 Å². The largest absolute Gasteiger partial charge is 0.493 e. The molecule has 3 rings (SSSR count). The van der Waals surface area contributed by atoms with E-state index in [0.717, 1.165) is 17.7 Å². The zero-order valence-electron chi connectivity index (χ0n) is 12.3. The average Bonchev–Trinajstić information content (AvgIpc) is 2.92. The number of nitrogens with zero attached hydrogens (tertiary/aromatic N) is 1. The Labute approximate surface area is 125 Å². The first-order valence-corrected chi connectivity index (χ1v) is 7.30. The molecule has 0 atom stereocenters. The molecule has 0 saturated carbocycles. The molecule has 0 bridgehead atoms. The van der Waals surface area contributed by atoms with E-state index in [1.807, 2.05) is 19.1 Å². The van der Waals surface area contributed by atoms with Crippen molar-refractivity contribution in [2.24, 2.45) is 5.73 Å². The summed E-state index contributed by atoms with van der Waals surface area (Å²) < 4.78 is 7.93. The standard InChI is InChI=1S/C18H20N2O/c1-2-21-18-8-4-7-17-16(18)9-10-20(17)13-15-6-3-5-14(11-15)12-19/h3-11H,2,12-13,19H2,1H3. The molecule has 0 spiro atoms. The lowest BCUT2D eigenvalue weighted by Crippen LogP contribution is -2.01. The molecule has 0 unspecified atom stereocenters. The maximum atomic E-state index is 5.71. The van der Waals surface area contributed by atoms with E-state index in [4.69, 9.17) is 10.5 Å². The highest BCUT2D eigenvalue weighted by molar-refractivity contribution is 5.86. The molecule has 21 heavy (non-hydrogen) atoms. The molecule has 0 aliphatic heterocycles. The van der Waals surface area contributed by atoms with E-state index in [1.54, 1.807) is 0 Å². The van der Waals surface area contributed by atoms with Crippen LogP contribution in [-0.4, -0.2) is 11.2 Å². The van der Waals surface area contributed by atoms with Gasteiger partial charge in [0.25, 0.3) is 0 Å². The van der Waals surface area contributed by atoms with E-state index in [-0.39, 0.29) is 0 Å². The fourth-order valence-corrected chi connectivity index (χ4v) is 2.67. The van der Waals surface area contributed by atoms with Gasteiger partial charge in [-0.3, -0.25) is 0 Å². The quantitative estimate of drug-likeness (QED) is 0.776. The van der Waals surface area contributed by atoms with Gasteiger partial charge in [-0.2, -0.15) is 0 Å². The first-order chi connectivity index (χ1) is 10.3. The van der Waals surface area contributed by atoms with Crippen LogP contribution >= 0.6 is 0 Å². The van der Waals surface area contributed by atoms with Crippen LogP contribution in [0.1, 0.15) is 18.1 Å². The number of hydrogen-bond acceptors (Lipinski definition) is 2. The van der Waals surface area contributed by atoms with E-state index in [2.05, 4.69) is 47.2 Å². The molecule has 3 nitrogen and oxygen atoms in total. The van der Waals surface area contributed by atoms with Gasteiger partial charge in [0.2, 0.25) is 0 Å². The van der Waals surface area contributed by atoms with Crippen LogP contribution in [0, 0.1) is 0 Å². The Morgan fingerprint density at radius 1 is 1.05 bits per heavy atom. The van der Waals surface area contributed by atoms with E-state index >= 15 is 0 Å². The van der Waals surface area contributed by atoms with Crippen LogP contribution < -0.4 is 10.5 Å². The predicted octanol–water partition coefficient (Wildman–Crippen LogP) is 3.55. The molecule has 0 aliphatic rings. The minimum atomic E-state index is 0.578. The molecule has 1 heterocycles. The molecule has 2 N–H and O–H groups in total. The topological polar surface area (TPSA) is 40.2 Å². The Balaban J connectivity index is 1.95.